The van der Waals surface area contributed by atoms with Crippen LogP contribution in [0.3, 0.4) is 0 Å². The van der Waals surface area contributed by atoms with Crippen LogP contribution in [-0.2, 0) is 4.79 Å². The van der Waals surface area contributed by atoms with Gasteiger partial charge in [0, 0.05) is 21.7 Å². The first kappa shape index (κ1) is 13.8. The van der Waals surface area contributed by atoms with Gasteiger partial charge in [-0.05, 0) is 25.1 Å². The van der Waals surface area contributed by atoms with Crippen LogP contribution in [-0.4, -0.2) is 16.8 Å². The second-order valence-electron chi connectivity index (χ2n) is 3.85. The molecule has 7 heteroatoms. The van der Waals surface area contributed by atoms with E-state index in [-0.39, 0.29) is 11.7 Å². The van der Waals surface area contributed by atoms with E-state index in [1.807, 2.05) is 0 Å². The number of nitrogens with zero attached hydrogens (tertiary/aromatic N) is 1. The van der Waals surface area contributed by atoms with Crippen molar-refractivity contribution >= 4 is 40.8 Å². The molecule has 0 bridgehead atoms. The number of aromatic nitrogens is 1. The van der Waals surface area contributed by atoms with E-state index in [1.54, 1.807) is 31.2 Å². The second-order valence-corrected chi connectivity index (χ2v) is 5.31. The molecule has 0 aliphatic rings. The molecule has 0 aliphatic carbocycles. The van der Waals surface area contributed by atoms with Gasteiger partial charge in [-0.2, -0.15) is 0 Å². The van der Waals surface area contributed by atoms with Crippen molar-refractivity contribution in [1.29, 1.82) is 0 Å². The van der Waals surface area contributed by atoms with Gasteiger partial charge in [0.2, 0.25) is 11.8 Å². The summed E-state index contributed by atoms with van der Waals surface area (Å²) in [5.74, 6) is 0.383. The molecule has 1 aromatic carbocycles. The Morgan fingerprint density at radius 3 is 2.95 bits per heavy atom. The van der Waals surface area contributed by atoms with E-state index in [2.05, 4.69) is 10.5 Å². The number of rotatable bonds is 4. The van der Waals surface area contributed by atoms with E-state index in [4.69, 9.17) is 21.9 Å². The topological polar surface area (TPSA) is 81.2 Å². The molecule has 1 amide bonds. The Morgan fingerprint density at radius 2 is 2.32 bits per heavy atom. The third-order valence-electron chi connectivity index (χ3n) is 2.22. The molecule has 0 fully saturated rings. The molecule has 3 N–H and O–H groups in total. The standard InChI is InChI=1S/C12H12ClN3O2S/c1-7-4-12(18-16-7)15-11(17)6-19-10-3-2-8(13)5-9(10)14/h2-5H,6,14H2,1H3,(H,15,17). The molecule has 0 aliphatic heterocycles. The lowest BCUT2D eigenvalue weighted by molar-refractivity contribution is -0.113. The van der Waals surface area contributed by atoms with E-state index in [0.29, 0.717) is 22.3 Å². The summed E-state index contributed by atoms with van der Waals surface area (Å²) >= 11 is 7.13. The maximum atomic E-state index is 11.7. The molecule has 2 rings (SSSR count). The van der Waals surface area contributed by atoms with Gasteiger partial charge in [0.15, 0.2) is 0 Å². The van der Waals surface area contributed by atoms with Gasteiger partial charge in [-0.1, -0.05) is 16.8 Å². The van der Waals surface area contributed by atoms with Crippen molar-refractivity contribution in [3.8, 4) is 0 Å². The van der Waals surface area contributed by atoms with E-state index >= 15 is 0 Å². The molecule has 0 saturated heterocycles. The molecule has 5 nitrogen and oxygen atoms in total. The van der Waals surface area contributed by atoms with Crippen LogP contribution < -0.4 is 11.1 Å². The van der Waals surface area contributed by atoms with E-state index in [9.17, 15) is 4.79 Å². The van der Waals surface area contributed by atoms with E-state index < -0.39 is 0 Å². The SMILES string of the molecule is Cc1cc(NC(=O)CSc2ccc(Cl)cc2N)on1. The van der Waals surface area contributed by atoms with Crippen LogP contribution >= 0.6 is 23.4 Å². The Morgan fingerprint density at radius 1 is 1.53 bits per heavy atom. The van der Waals surface area contributed by atoms with Gasteiger partial charge in [0.05, 0.1) is 11.4 Å². The van der Waals surface area contributed by atoms with Gasteiger partial charge in [0.1, 0.15) is 0 Å². The van der Waals surface area contributed by atoms with Crippen molar-refractivity contribution in [2.24, 2.45) is 0 Å². The number of halogens is 1. The molecule has 1 heterocycles. The Labute approximate surface area is 119 Å². The first-order chi connectivity index (χ1) is 9.04. The minimum absolute atomic E-state index is 0.185. The number of carbonyl (C=O) groups is 1. The van der Waals surface area contributed by atoms with Crippen LogP contribution in [0.25, 0.3) is 0 Å². The maximum absolute atomic E-state index is 11.7. The summed E-state index contributed by atoms with van der Waals surface area (Å²) in [5, 5.41) is 6.86. The fourth-order valence-corrected chi connectivity index (χ4v) is 2.32. The first-order valence-corrected chi connectivity index (χ1v) is 6.82. The molecule has 100 valence electrons. The van der Waals surface area contributed by atoms with E-state index in [0.717, 1.165) is 4.90 Å². The fourth-order valence-electron chi connectivity index (χ4n) is 1.39. The third kappa shape index (κ3) is 3.90. The Balaban J connectivity index is 1.89. The zero-order chi connectivity index (χ0) is 13.8. The number of nitrogens with one attached hydrogen (secondary N) is 1. The minimum atomic E-state index is -0.185. The van der Waals surface area contributed by atoms with Gasteiger partial charge < -0.3 is 10.3 Å². The summed E-state index contributed by atoms with van der Waals surface area (Å²) in [4.78, 5) is 12.5. The quantitative estimate of drug-likeness (QED) is 0.670. The average Bonchev–Trinajstić information content (AvgIpc) is 2.73. The number of anilines is 2. The Kier molecular flexibility index (Phi) is 4.34. The average molecular weight is 298 g/mol. The van der Waals surface area contributed by atoms with Crippen molar-refractivity contribution in [2.75, 3.05) is 16.8 Å². The van der Waals surface area contributed by atoms with Gasteiger partial charge in [-0.15, -0.1) is 11.8 Å². The van der Waals surface area contributed by atoms with Crippen molar-refractivity contribution in [2.45, 2.75) is 11.8 Å². The highest BCUT2D eigenvalue weighted by atomic mass is 35.5. The predicted octanol–water partition coefficient (Wildman–Crippen LogP) is 2.95. The molecule has 2 aromatic rings. The zero-order valence-corrected chi connectivity index (χ0v) is 11.7. The molecule has 1 aromatic heterocycles. The zero-order valence-electron chi connectivity index (χ0n) is 10.1. The predicted molar refractivity (Wildman–Crippen MR) is 76.5 cm³/mol. The van der Waals surface area contributed by atoms with E-state index in [1.165, 1.54) is 11.8 Å². The fraction of sp³-hybridized carbons (Fsp3) is 0.167. The van der Waals surface area contributed by atoms with Crippen LogP contribution in [0.1, 0.15) is 5.69 Å². The number of thioether (sulfide) groups is 1. The normalized spacial score (nSPS) is 10.4. The number of aryl methyl sites for hydroxylation is 1. The smallest absolute Gasteiger partial charge is 0.237 e. The van der Waals surface area contributed by atoms with Gasteiger partial charge in [-0.25, -0.2) is 0 Å². The maximum Gasteiger partial charge on any atom is 0.237 e. The molecular weight excluding hydrogens is 286 g/mol. The summed E-state index contributed by atoms with van der Waals surface area (Å²) in [6, 6.07) is 6.83. The van der Waals surface area contributed by atoms with Crippen LogP contribution in [0.4, 0.5) is 11.6 Å². The van der Waals surface area contributed by atoms with Crippen molar-refractivity contribution < 1.29 is 9.32 Å². The molecule has 0 spiro atoms. The largest absolute Gasteiger partial charge is 0.398 e. The summed E-state index contributed by atoms with van der Waals surface area (Å²) < 4.78 is 4.89. The first-order valence-electron chi connectivity index (χ1n) is 5.45. The molecule has 0 radical (unpaired) electrons. The summed E-state index contributed by atoms with van der Waals surface area (Å²) in [7, 11) is 0. The number of nitrogen functional groups attached to an aromatic ring is 1. The molecular formula is C12H12ClN3O2S. The van der Waals surface area contributed by atoms with Crippen LogP contribution in [0.15, 0.2) is 33.7 Å². The van der Waals surface area contributed by atoms with Gasteiger partial charge in [0.25, 0.3) is 0 Å². The number of nitrogens with two attached hydrogens (primary N) is 1. The van der Waals surface area contributed by atoms with Gasteiger partial charge >= 0.3 is 0 Å². The van der Waals surface area contributed by atoms with Crippen LogP contribution in [0, 0.1) is 6.92 Å². The minimum Gasteiger partial charge on any atom is -0.398 e. The third-order valence-corrected chi connectivity index (χ3v) is 3.55. The number of carbonyl (C=O) groups excluding carboxylic acids is 1. The van der Waals surface area contributed by atoms with Crippen molar-refractivity contribution in [1.82, 2.24) is 5.16 Å². The molecule has 0 saturated carbocycles. The monoisotopic (exact) mass is 297 g/mol. The highest BCUT2D eigenvalue weighted by Gasteiger charge is 2.08. The number of benzene rings is 1. The number of amides is 1. The summed E-state index contributed by atoms with van der Waals surface area (Å²) in [6.45, 7) is 1.78. The highest BCUT2D eigenvalue weighted by Crippen LogP contribution is 2.27. The summed E-state index contributed by atoms with van der Waals surface area (Å²) in [6.07, 6.45) is 0. The van der Waals surface area contributed by atoms with Crippen LogP contribution in [0.5, 0.6) is 0 Å². The second kappa shape index (κ2) is 5.99. The van der Waals surface area contributed by atoms with Crippen molar-refractivity contribution in [3.05, 3.63) is 35.0 Å². The lowest BCUT2D eigenvalue weighted by Crippen LogP contribution is -2.13. The highest BCUT2D eigenvalue weighted by molar-refractivity contribution is 8.00. The van der Waals surface area contributed by atoms with Gasteiger partial charge in [-0.3, -0.25) is 10.1 Å². The number of hydrogen-bond donors (Lipinski definition) is 2. The molecule has 0 unspecified atom stereocenters. The molecule has 0 atom stereocenters. The Hall–Kier alpha value is -1.66. The Bertz CT molecular complexity index is 600. The van der Waals surface area contributed by atoms with Crippen LogP contribution in [0.2, 0.25) is 5.02 Å². The lowest BCUT2D eigenvalue weighted by Gasteiger charge is -2.05. The number of hydrogen-bond acceptors (Lipinski definition) is 5. The lowest BCUT2D eigenvalue weighted by atomic mass is 10.3. The molecule has 19 heavy (non-hydrogen) atoms. The van der Waals surface area contributed by atoms with Crippen molar-refractivity contribution in [3.63, 3.8) is 0 Å². The summed E-state index contributed by atoms with van der Waals surface area (Å²) in [5.41, 5.74) is 7.07.